The van der Waals surface area contributed by atoms with E-state index in [2.05, 4.69) is 12.2 Å². The maximum atomic E-state index is 12.5. The van der Waals surface area contributed by atoms with Gasteiger partial charge in [-0.15, -0.1) is 0 Å². The number of likely N-dealkylation sites (N-methyl/N-ethyl adjacent to an activating group) is 1. The maximum Gasteiger partial charge on any atom is 0.336 e. The minimum Gasteiger partial charge on any atom is -0.497 e. The number of carbonyl (C=O) groups excluding carboxylic acids is 1. The van der Waals surface area contributed by atoms with E-state index in [1.807, 2.05) is 37.3 Å². The number of hydrogen-bond donors (Lipinski definition) is 2. The summed E-state index contributed by atoms with van der Waals surface area (Å²) >= 11 is 0. The fourth-order valence-electron chi connectivity index (χ4n) is 3.33. The molecule has 0 radical (unpaired) electrons. The van der Waals surface area contributed by atoms with Crippen molar-refractivity contribution in [1.82, 2.24) is 0 Å². The molecular formula is C23H27N2O4+. The van der Waals surface area contributed by atoms with Crippen molar-refractivity contribution < 1.29 is 18.8 Å². The molecule has 6 heteroatoms. The Morgan fingerprint density at radius 2 is 1.86 bits per heavy atom. The molecule has 0 fully saturated rings. The summed E-state index contributed by atoms with van der Waals surface area (Å²) in [4.78, 5) is 25.6. The lowest BCUT2D eigenvalue weighted by Gasteiger charge is -2.18. The van der Waals surface area contributed by atoms with Crippen LogP contribution in [-0.2, 0) is 17.8 Å². The second-order valence-electron chi connectivity index (χ2n) is 7.01. The van der Waals surface area contributed by atoms with Gasteiger partial charge >= 0.3 is 5.63 Å². The van der Waals surface area contributed by atoms with Gasteiger partial charge in [-0.2, -0.15) is 0 Å². The Bertz CT molecular complexity index is 1040. The van der Waals surface area contributed by atoms with E-state index >= 15 is 0 Å². The first-order valence-corrected chi connectivity index (χ1v) is 9.85. The highest BCUT2D eigenvalue weighted by Crippen LogP contribution is 2.19. The van der Waals surface area contributed by atoms with Crippen LogP contribution < -0.4 is 20.6 Å². The van der Waals surface area contributed by atoms with Crippen LogP contribution >= 0.6 is 0 Å². The number of carbonyl (C=O) groups is 1. The highest BCUT2D eigenvalue weighted by Gasteiger charge is 2.16. The van der Waals surface area contributed by atoms with E-state index in [9.17, 15) is 9.59 Å². The van der Waals surface area contributed by atoms with Crippen molar-refractivity contribution >= 4 is 22.6 Å². The molecule has 1 amide bonds. The molecule has 152 valence electrons. The van der Waals surface area contributed by atoms with Crippen LogP contribution in [0, 0.1) is 0 Å². The number of hydrogen-bond acceptors (Lipinski definition) is 4. The third-order valence-corrected chi connectivity index (χ3v) is 5.03. The average Bonchev–Trinajstić information content (AvgIpc) is 2.73. The molecule has 0 saturated carbocycles. The lowest BCUT2D eigenvalue weighted by atomic mass is 10.1. The Morgan fingerprint density at radius 3 is 2.52 bits per heavy atom. The summed E-state index contributed by atoms with van der Waals surface area (Å²) in [5.74, 6) is 0.664. The topological polar surface area (TPSA) is 73.0 Å². The zero-order valence-electron chi connectivity index (χ0n) is 17.1. The number of rotatable bonds is 8. The van der Waals surface area contributed by atoms with Gasteiger partial charge in [0.1, 0.15) is 17.9 Å². The van der Waals surface area contributed by atoms with Crippen molar-refractivity contribution in [3.05, 3.63) is 70.1 Å². The lowest BCUT2D eigenvalue weighted by Crippen LogP contribution is -3.11. The quantitative estimate of drug-likeness (QED) is 0.575. The number of fused-ring (bicyclic) bond motifs is 1. The summed E-state index contributed by atoms with van der Waals surface area (Å²) in [6.45, 7) is 5.72. The molecule has 6 nitrogen and oxygen atoms in total. The summed E-state index contributed by atoms with van der Waals surface area (Å²) in [7, 11) is 1.60. The Morgan fingerprint density at radius 1 is 1.10 bits per heavy atom. The highest BCUT2D eigenvalue weighted by atomic mass is 16.5. The summed E-state index contributed by atoms with van der Waals surface area (Å²) in [6, 6.07) is 14.7. The van der Waals surface area contributed by atoms with Crippen LogP contribution in [0.3, 0.4) is 0 Å². The molecule has 1 unspecified atom stereocenters. The Kier molecular flexibility index (Phi) is 6.67. The monoisotopic (exact) mass is 395 g/mol. The zero-order valence-corrected chi connectivity index (χ0v) is 17.1. The first-order chi connectivity index (χ1) is 14.0. The molecule has 0 spiro atoms. The van der Waals surface area contributed by atoms with Gasteiger partial charge in [-0.25, -0.2) is 4.79 Å². The van der Waals surface area contributed by atoms with Crippen molar-refractivity contribution in [1.29, 1.82) is 0 Å². The fraction of sp³-hybridized carbons (Fsp3) is 0.304. The summed E-state index contributed by atoms with van der Waals surface area (Å²) < 4.78 is 10.5. The van der Waals surface area contributed by atoms with E-state index in [1.165, 1.54) is 6.07 Å². The summed E-state index contributed by atoms with van der Waals surface area (Å²) in [5, 5.41) is 3.83. The van der Waals surface area contributed by atoms with Crippen molar-refractivity contribution in [2.24, 2.45) is 0 Å². The van der Waals surface area contributed by atoms with Crippen LogP contribution in [0.2, 0.25) is 0 Å². The van der Waals surface area contributed by atoms with Crippen LogP contribution in [0.25, 0.3) is 11.0 Å². The highest BCUT2D eigenvalue weighted by molar-refractivity contribution is 5.91. The smallest absolute Gasteiger partial charge is 0.336 e. The minimum absolute atomic E-state index is 0.0763. The molecule has 0 aliphatic heterocycles. The van der Waals surface area contributed by atoms with Crippen LogP contribution in [0.4, 0.5) is 5.69 Å². The molecule has 3 rings (SSSR count). The predicted molar refractivity (Wildman–Crippen MR) is 114 cm³/mol. The zero-order chi connectivity index (χ0) is 20.8. The van der Waals surface area contributed by atoms with Crippen LogP contribution in [0.1, 0.15) is 25.0 Å². The minimum atomic E-state index is -0.362. The van der Waals surface area contributed by atoms with Crippen LogP contribution in [0.5, 0.6) is 5.75 Å². The standard InChI is InChI=1S/C23H26N2O4/c1-4-16-6-11-20-17(13-23(27)29-21(20)12-16)14-25(5-2)15-22(26)24-18-7-9-19(28-3)10-8-18/h6-13H,4-5,14-15H2,1-3H3,(H,24,26)/p+1. The molecule has 0 bridgehead atoms. The van der Waals surface area contributed by atoms with E-state index in [0.29, 0.717) is 18.7 Å². The molecule has 1 atom stereocenters. The summed E-state index contributed by atoms with van der Waals surface area (Å²) in [5.41, 5.74) is 2.98. The molecular weight excluding hydrogens is 368 g/mol. The van der Waals surface area contributed by atoms with Crippen LogP contribution in [-0.4, -0.2) is 26.1 Å². The van der Waals surface area contributed by atoms with Gasteiger partial charge in [-0.3, -0.25) is 4.79 Å². The van der Waals surface area contributed by atoms with Crippen molar-refractivity contribution in [2.45, 2.75) is 26.8 Å². The second-order valence-corrected chi connectivity index (χ2v) is 7.01. The van der Waals surface area contributed by atoms with Gasteiger partial charge in [0.2, 0.25) is 0 Å². The molecule has 29 heavy (non-hydrogen) atoms. The Labute approximate surface area is 170 Å². The Balaban J connectivity index is 1.73. The molecule has 0 saturated heterocycles. The normalized spacial score (nSPS) is 12.0. The third kappa shape index (κ3) is 5.23. The number of ether oxygens (including phenoxy) is 1. The number of nitrogens with one attached hydrogen (secondary N) is 2. The van der Waals surface area contributed by atoms with Crippen LogP contribution in [0.15, 0.2) is 57.7 Å². The van der Waals surface area contributed by atoms with Gasteiger partial charge < -0.3 is 19.4 Å². The number of quaternary nitrogens is 1. The van der Waals surface area contributed by atoms with Gasteiger partial charge in [0.05, 0.1) is 13.7 Å². The molecule has 0 aliphatic rings. The number of methoxy groups -OCH3 is 1. The fourth-order valence-corrected chi connectivity index (χ4v) is 3.33. The summed E-state index contributed by atoms with van der Waals surface area (Å²) in [6.07, 6.45) is 0.877. The van der Waals surface area contributed by atoms with Gasteiger partial charge in [-0.05, 0) is 49.2 Å². The largest absolute Gasteiger partial charge is 0.497 e. The molecule has 1 aromatic heterocycles. The van der Waals surface area contributed by atoms with E-state index < -0.39 is 0 Å². The van der Waals surface area contributed by atoms with Crippen molar-refractivity contribution in [2.75, 3.05) is 25.5 Å². The first-order valence-electron chi connectivity index (χ1n) is 9.85. The van der Waals surface area contributed by atoms with E-state index in [1.54, 1.807) is 19.2 Å². The number of benzene rings is 2. The number of amides is 1. The third-order valence-electron chi connectivity index (χ3n) is 5.03. The average molecular weight is 395 g/mol. The SMILES string of the molecule is CCc1ccc2c(C[NH+](CC)CC(=O)Nc3ccc(OC)cc3)cc(=O)oc2c1. The molecule has 2 N–H and O–H groups in total. The molecule has 2 aromatic carbocycles. The van der Waals surface area contributed by atoms with E-state index in [0.717, 1.165) is 45.8 Å². The van der Waals surface area contributed by atoms with Gasteiger partial charge in [0, 0.05) is 22.7 Å². The van der Waals surface area contributed by atoms with Gasteiger partial charge in [0.25, 0.3) is 5.91 Å². The first kappa shape index (κ1) is 20.6. The predicted octanol–water partition coefficient (Wildman–Crippen LogP) is 2.41. The second kappa shape index (κ2) is 9.39. The number of aryl methyl sites for hydroxylation is 1. The van der Waals surface area contributed by atoms with Gasteiger partial charge in [-0.1, -0.05) is 19.1 Å². The van der Waals surface area contributed by atoms with Crippen molar-refractivity contribution in [3.8, 4) is 5.75 Å². The van der Waals surface area contributed by atoms with Crippen molar-refractivity contribution in [3.63, 3.8) is 0 Å². The molecule has 0 aliphatic carbocycles. The maximum absolute atomic E-state index is 12.5. The van der Waals surface area contributed by atoms with E-state index in [-0.39, 0.29) is 11.5 Å². The number of anilines is 1. The van der Waals surface area contributed by atoms with Gasteiger partial charge in [0.15, 0.2) is 6.54 Å². The lowest BCUT2D eigenvalue weighted by molar-refractivity contribution is -0.903. The molecule has 3 aromatic rings. The molecule has 1 heterocycles. The Hall–Kier alpha value is -3.12. The van der Waals surface area contributed by atoms with E-state index in [4.69, 9.17) is 9.15 Å².